The molecule has 1 N–H and O–H groups in total. The van der Waals surface area contributed by atoms with Gasteiger partial charge in [-0.05, 0) is 31.7 Å². The Morgan fingerprint density at radius 2 is 2.45 bits per heavy atom. The Labute approximate surface area is 68.2 Å². The second-order valence-corrected chi connectivity index (χ2v) is 4.24. The number of hydrogen-bond donors (Lipinski definition) is 1. The summed E-state index contributed by atoms with van der Waals surface area (Å²) in [5.41, 5.74) is 0.208. The van der Waals surface area contributed by atoms with Crippen molar-refractivity contribution in [2.45, 2.75) is 31.7 Å². The molecule has 2 aliphatic heterocycles. The van der Waals surface area contributed by atoms with Gasteiger partial charge in [0.2, 0.25) is 0 Å². The molecule has 2 aliphatic rings. The monoisotopic (exact) mass is 155 g/mol. The molecule has 0 aromatic rings. The lowest BCUT2D eigenvalue weighted by atomic mass is 9.92. The van der Waals surface area contributed by atoms with Gasteiger partial charge >= 0.3 is 0 Å². The standard InChI is InChI=1S/C9H17NO/c1-8-5-9(7-11)3-2-4-10(9)6-8/h8,11H,2-7H2,1H3/t8-,9?/m0/s1. The van der Waals surface area contributed by atoms with Crippen molar-refractivity contribution >= 4 is 0 Å². The van der Waals surface area contributed by atoms with Crippen LogP contribution in [0, 0.1) is 5.92 Å². The van der Waals surface area contributed by atoms with E-state index in [0.29, 0.717) is 6.61 Å². The number of fused-ring (bicyclic) bond motifs is 1. The van der Waals surface area contributed by atoms with E-state index in [9.17, 15) is 5.11 Å². The number of aliphatic hydroxyl groups is 1. The highest BCUT2D eigenvalue weighted by Crippen LogP contribution is 2.40. The van der Waals surface area contributed by atoms with E-state index in [1.165, 1.54) is 32.4 Å². The molecule has 2 saturated heterocycles. The molecule has 0 aromatic carbocycles. The molecule has 0 aliphatic carbocycles. The van der Waals surface area contributed by atoms with Gasteiger partial charge in [-0.15, -0.1) is 0 Å². The molecule has 2 fully saturated rings. The largest absolute Gasteiger partial charge is 0.394 e. The quantitative estimate of drug-likeness (QED) is 0.607. The molecule has 2 heteroatoms. The Bertz CT molecular complexity index is 160. The van der Waals surface area contributed by atoms with E-state index >= 15 is 0 Å². The molecule has 11 heavy (non-hydrogen) atoms. The van der Waals surface area contributed by atoms with Crippen molar-refractivity contribution in [3.8, 4) is 0 Å². The average molecular weight is 155 g/mol. The first kappa shape index (κ1) is 7.56. The van der Waals surface area contributed by atoms with Crippen LogP contribution in [0.4, 0.5) is 0 Å². The smallest absolute Gasteiger partial charge is 0.0615 e. The zero-order valence-corrected chi connectivity index (χ0v) is 7.21. The third kappa shape index (κ3) is 1.00. The number of hydrogen-bond acceptors (Lipinski definition) is 2. The van der Waals surface area contributed by atoms with E-state index in [2.05, 4.69) is 11.8 Å². The minimum Gasteiger partial charge on any atom is -0.394 e. The van der Waals surface area contributed by atoms with Crippen LogP contribution in [0.1, 0.15) is 26.2 Å². The Kier molecular flexibility index (Phi) is 1.69. The predicted molar refractivity (Wildman–Crippen MR) is 44.4 cm³/mol. The molecule has 0 radical (unpaired) electrons. The van der Waals surface area contributed by atoms with Gasteiger partial charge in [-0.1, -0.05) is 6.92 Å². The van der Waals surface area contributed by atoms with E-state index in [1.54, 1.807) is 0 Å². The topological polar surface area (TPSA) is 23.5 Å². The molecule has 2 rings (SSSR count). The molecule has 2 heterocycles. The fraction of sp³-hybridized carbons (Fsp3) is 1.00. The summed E-state index contributed by atoms with van der Waals surface area (Å²) in [7, 11) is 0. The molecule has 0 bridgehead atoms. The molecular weight excluding hydrogens is 138 g/mol. The van der Waals surface area contributed by atoms with Gasteiger partial charge in [0.1, 0.15) is 0 Å². The lowest BCUT2D eigenvalue weighted by Gasteiger charge is -2.29. The van der Waals surface area contributed by atoms with E-state index in [1.807, 2.05) is 0 Å². The summed E-state index contributed by atoms with van der Waals surface area (Å²) in [5.74, 6) is 0.794. The number of rotatable bonds is 1. The Hall–Kier alpha value is -0.0800. The van der Waals surface area contributed by atoms with Gasteiger partial charge in [-0.2, -0.15) is 0 Å². The molecule has 64 valence electrons. The van der Waals surface area contributed by atoms with E-state index in [4.69, 9.17) is 0 Å². The van der Waals surface area contributed by atoms with E-state index in [-0.39, 0.29) is 5.54 Å². The first-order valence-electron chi connectivity index (χ1n) is 4.63. The SMILES string of the molecule is C[C@@H]1CN2CCCC2(CO)C1. The summed E-state index contributed by atoms with van der Waals surface area (Å²) in [4.78, 5) is 2.48. The first-order chi connectivity index (χ1) is 5.27. The maximum absolute atomic E-state index is 9.30. The third-order valence-corrected chi connectivity index (χ3v) is 3.30. The molecule has 0 saturated carbocycles. The Morgan fingerprint density at radius 1 is 1.64 bits per heavy atom. The van der Waals surface area contributed by atoms with Crippen molar-refractivity contribution < 1.29 is 5.11 Å². The highest BCUT2D eigenvalue weighted by molar-refractivity contribution is 5.01. The van der Waals surface area contributed by atoms with Crippen molar-refractivity contribution in [2.75, 3.05) is 19.7 Å². The van der Waals surface area contributed by atoms with Gasteiger partial charge in [-0.25, -0.2) is 0 Å². The Balaban J connectivity index is 2.15. The van der Waals surface area contributed by atoms with Gasteiger partial charge in [0.15, 0.2) is 0 Å². The summed E-state index contributed by atoms with van der Waals surface area (Å²) in [6.07, 6.45) is 3.71. The van der Waals surface area contributed by atoms with Crippen LogP contribution < -0.4 is 0 Å². The second-order valence-electron chi connectivity index (χ2n) is 4.24. The van der Waals surface area contributed by atoms with Crippen LogP contribution in [-0.2, 0) is 0 Å². The van der Waals surface area contributed by atoms with Crippen LogP contribution in [0.2, 0.25) is 0 Å². The lowest BCUT2D eigenvalue weighted by Crippen LogP contribution is -2.41. The maximum atomic E-state index is 9.30. The van der Waals surface area contributed by atoms with Gasteiger partial charge in [-0.3, -0.25) is 4.90 Å². The summed E-state index contributed by atoms with van der Waals surface area (Å²) in [5, 5.41) is 9.30. The molecule has 0 amide bonds. The molecule has 0 aromatic heterocycles. The second kappa shape index (κ2) is 2.46. The maximum Gasteiger partial charge on any atom is 0.0615 e. The summed E-state index contributed by atoms with van der Waals surface area (Å²) >= 11 is 0. The van der Waals surface area contributed by atoms with Gasteiger partial charge in [0.05, 0.1) is 6.61 Å². The van der Waals surface area contributed by atoms with Crippen molar-refractivity contribution in [1.29, 1.82) is 0 Å². The zero-order chi connectivity index (χ0) is 7.90. The van der Waals surface area contributed by atoms with Crippen LogP contribution in [0.5, 0.6) is 0 Å². The van der Waals surface area contributed by atoms with Gasteiger partial charge in [0.25, 0.3) is 0 Å². The van der Waals surface area contributed by atoms with Crippen LogP contribution in [0.25, 0.3) is 0 Å². The van der Waals surface area contributed by atoms with Gasteiger partial charge in [0, 0.05) is 12.1 Å². The minimum absolute atomic E-state index is 0.208. The van der Waals surface area contributed by atoms with Crippen LogP contribution in [-0.4, -0.2) is 35.2 Å². The first-order valence-corrected chi connectivity index (χ1v) is 4.63. The average Bonchev–Trinajstić information content (AvgIpc) is 2.43. The lowest BCUT2D eigenvalue weighted by molar-refractivity contribution is 0.0998. The van der Waals surface area contributed by atoms with Gasteiger partial charge < -0.3 is 5.11 Å². The fourth-order valence-electron chi connectivity index (χ4n) is 2.84. The van der Waals surface area contributed by atoms with Crippen LogP contribution >= 0.6 is 0 Å². The van der Waals surface area contributed by atoms with Crippen molar-refractivity contribution in [3.63, 3.8) is 0 Å². The summed E-state index contributed by atoms with van der Waals surface area (Å²) < 4.78 is 0. The van der Waals surface area contributed by atoms with Crippen LogP contribution in [0.3, 0.4) is 0 Å². The summed E-state index contributed by atoms with van der Waals surface area (Å²) in [6.45, 7) is 5.08. The highest BCUT2D eigenvalue weighted by Gasteiger charge is 2.46. The highest BCUT2D eigenvalue weighted by atomic mass is 16.3. The van der Waals surface area contributed by atoms with E-state index in [0.717, 1.165) is 5.92 Å². The molecule has 0 spiro atoms. The minimum atomic E-state index is 0.208. The number of aliphatic hydroxyl groups excluding tert-OH is 1. The Morgan fingerprint density at radius 3 is 3.09 bits per heavy atom. The molecular formula is C9H17NO. The van der Waals surface area contributed by atoms with E-state index < -0.39 is 0 Å². The van der Waals surface area contributed by atoms with Crippen molar-refractivity contribution in [3.05, 3.63) is 0 Å². The van der Waals surface area contributed by atoms with Crippen LogP contribution in [0.15, 0.2) is 0 Å². The molecule has 1 unspecified atom stereocenters. The molecule has 2 atom stereocenters. The third-order valence-electron chi connectivity index (χ3n) is 3.30. The number of nitrogens with zero attached hydrogens (tertiary/aromatic N) is 1. The predicted octanol–water partition coefficient (Wildman–Crippen LogP) is 0.853. The van der Waals surface area contributed by atoms with Crippen molar-refractivity contribution in [2.24, 2.45) is 5.92 Å². The van der Waals surface area contributed by atoms with Crippen molar-refractivity contribution in [1.82, 2.24) is 4.90 Å². The fourth-order valence-corrected chi connectivity index (χ4v) is 2.84. The summed E-state index contributed by atoms with van der Waals surface area (Å²) in [6, 6.07) is 0. The zero-order valence-electron chi connectivity index (χ0n) is 7.21. The molecule has 2 nitrogen and oxygen atoms in total. The normalized spacial score (nSPS) is 44.7.